The van der Waals surface area contributed by atoms with E-state index in [0.717, 1.165) is 11.0 Å². The maximum Gasteiger partial charge on any atom is 0.229 e. The number of para-hydroxylation sites is 2. The molecule has 1 aliphatic rings. The second-order valence-electron chi connectivity index (χ2n) is 5.71. The molecule has 1 aliphatic heterocycles. The molecule has 3 heterocycles. The summed E-state index contributed by atoms with van der Waals surface area (Å²) in [5.41, 5.74) is 3.16. The van der Waals surface area contributed by atoms with E-state index in [1.54, 1.807) is 24.5 Å². The van der Waals surface area contributed by atoms with Gasteiger partial charge in [-0.3, -0.25) is 9.78 Å². The Kier molecular flexibility index (Phi) is 3.49. The van der Waals surface area contributed by atoms with E-state index < -0.39 is 0 Å². The number of carbonyl (C=O) groups excluding carboxylic acids is 1. The fourth-order valence-electron chi connectivity index (χ4n) is 3.01. The Balaban J connectivity index is 1.64. The topological polar surface area (TPSA) is 80.0 Å². The number of imidazole rings is 1. The van der Waals surface area contributed by atoms with Gasteiger partial charge in [-0.1, -0.05) is 12.1 Å². The zero-order valence-electron chi connectivity index (χ0n) is 12.9. The number of hydrogen-bond donors (Lipinski definition) is 2. The Labute approximate surface area is 138 Å². The number of aliphatic hydroxyl groups excluding tert-OH is 1. The van der Waals surface area contributed by atoms with Crippen molar-refractivity contribution in [3.8, 4) is 0 Å². The standard InChI is InChI=1S/C18H16N4O2/c23-16-7-10-22-15-4-2-1-3-14(15)21-18(22)13(16)11-17(24)20-12-5-8-19-9-6-12/h1-6,8-9,23H,7,10-11H2,(H,19,20,24). The first-order valence-corrected chi connectivity index (χ1v) is 7.79. The molecule has 6 heteroatoms. The second-order valence-corrected chi connectivity index (χ2v) is 5.71. The molecule has 4 rings (SSSR count). The van der Waals surface area contributed by atoms with Crippen molar-refractivity contribution in [2.45, 2.75) is 19.4 Å². The number of pyridine rings is 1. The number of aryl methyl sites for hydroxylation is 1. The van der Waals surface area contributed by atoms with E-state index in [-0.39, 0.29) is 18.1 Å². The lowest BCUT2D eigenvalue weighted by molar-refractivity contribution is -0.115. The van der Waals surface area contributed by atoms with Crippen LogP contribution in [0.2, 0.25) is 0 Å². The molecule has 120 valence electrons. The van der Waals surface area contributed by atoms with Gasteiger partial charge in [0.15, 0.2) is 0 Å². The molecule has 0 atom stereocenters. The number of carbonyl (C=O) groups is 1. The number of hydrogen-bond acceptors (Lipinski definition) is 4. The first kappa shape index (κ1) is 14.4. The summed E-state index contributed by atoms with van der Waals surface area (Å²) in [5, 5.41) is 13.1. The van der Waals surface area contributed by atoms with Gasteiger partial charge in [0.1, 0.15) is 11.6 Å². The van der Waals surface area contributed by atoms with Crippen LogP contribution in [0.15, 0.2) is 54.6 Å². The average molecular weight is 320 g/mol. The number of anilines is 1. The number of amides is 1. The first-order chi connectivity index (χ1) is 11.7. The molecule has 2 aromatic heterocycles. The summed E-state index contributed by atoms with van der Waals surface area (Å²) in [4.78, 5) is 20.9. The van der Waals surface area contributed by atoms with Gasteiger partial charge in [-0.2, -0.15) is 0 Å². The number of aromatic nitrogens is 3. The Morgan fingerprint density at radius 1 is 1.21 bits per heavy atom. The van der Waals surface area contributed by atoms with Crippen LogP contribution < -0.4 is 5.32 Å². The van der Waals surface area contributed by atoms with Crippen LogP contribution in [0.3, 0.4) is 0 Å². The van der Waals surface area contributed by atoms with Crippen molar-refractivity contribution in [1.82, 2.24) is 14.5 Å². The lowest BCUT2D eigenvalue weighted by Gasteiger charge is -2.19. The van der Waals surface area contributed by atoms with Gasteiger partial charge < -0.3 is 15.0 Å². The predicted molar refractivity (Wildman–Crippen MR) is 91.4 cm³/mol. The number of allylic oxidation sites excluding steroid dienone is 1. The summed E-state index contributed by atoms with van der Waals surface area (Å²) < 4.78 is 2.06. The molecule has 0 radical (unpaired) electrons. The Hall–Kier alpha value is -3.15. The van der Waals surface area contributed by atoms with Gasteiger partial charge in [0.05, 0.1) is 17.5 Å². The second kappa shape index (κ2) is 5.81. The van der Waals surface area contributed by atoms with Gasteiger partial charge in [0.25, 0.3) is 0 Å². The molecule has 1 amide bonds. The molecule has 0 unspecified atom stereocenters. The molecule has 6 nitrogen and oxygen atoms in total. The number of nitrogens with one attached hydrogen (secondary N) is 1. The average Bonchev–Trinajstić information content (AvgIpc) is 2.97. The minimum atomic E-state index is -0.191. The third kappa shape index (κ3) is 2.52. The summed E-state index contributed by atoms with van der Waals surface area (Å²) in [6.45, 7) is 0.664. The van der Waals surface area contributed by atoms with Gasteiger partial charge in [0, 0.05) is 36.6 Å². The molecule has 3 aromatic rings. The highest BCUT2D eigenvalue weighted by Gasteiger charge is 2.24. The van der Waals surface area contributed by atoms with E-state index in [4.69, 9.17) is 0 Å². The summed E-state index contributed by atoms with van der Waals surface area (Å²) in [5.74, 6) is 0.718. The lowest BCUT2D eigenvalue weighted by atomic mass is 10.0. The maximum absolute atomic E-state index is 12.3. The highest BCUT2D eigenvalue weighted by Crippen LogP contribution is 2.31. The number of rotatable bonds is 3. The zero-order valence-corrected chi connectivity index (χ0v) is 12.9. The molecule has 0 aliphatic carbocycles. The van der Waals surface area contributed by atoms with Crippen LogP contribution in [0.1, 0.15) is 18.7 Å². The minimum Gasteiger partial charge on any atom is -0.512 e. The molecule has 2 N–H and O–H groups in total. The lowest BCUT2D eigenvalue weighted by Crippen LogP contribution is -2.18. The van der Waals surface area contributed by atoms with Crippen molar-refractivity contribution in [3.63, 3.8) is 0 Å². The van der Waals surface area contributed by atoms with Crippen LogP contribution in [0.4, 0.5) is 5.69 Å². The largest absolute Gasteiger partial charge is 0.512 e. The normalized spacial score (nSPS) is 13.8. The Bertz CT molecular complexity index is 944. The van der Waals surface area contributed by atoms with Crippen molar-refractivity contribution in [2.24, 2.45) is 0 Å². The van der Waals surface area contributed by atoms with Crippen LogP contribution >= 0.6 is 0 Å². The van der Waals surface area contributed by atoms with Crippen LogP contribution in [0, 0.1) is 0 Å². The monoisotopic (exact) mass is 320 g/mol. The third-order valence-corrected chi connectivity index (χ3v) is 4.15. The van der Waals surface area contributed by atoms with E-state index in [2.05, 4.69) is 19.9 Å². The Morgan fingerprint density at radius 2 is 2.00 bits per heavy atom. The number of nitrogens with zero attached hydrogens (tertiary/aromatic N) is 3. The highest BCUT2D eigenvalue weighted by molar-refractivity contribution is 5.98. The summed E-state index contributed by atoms with van der Waals surface area (Å²) in [6.07, 6.45) is 3.82. The van der Waals surface area contributed by atoms with Crippen molar-refractivity contribution < 1.29 is 9.90 Å². The molecule has 0 bridgehead atoms. The first-order valence-electron chi connectivity index (χ1n) is 7.79. The quantitative estimate of drug-likeness (QED) is 0.777. The molecular formula is C18H16N4O2. The molecule has 0 fully saturated rings. The fourth-order valence-corrected chi connectivity index (χ4v) is 3.01. The van der Waals surface area contributed by atoms with Crippen LogP contribution in [0.25, 0.3) is 16.6 Å². The Morgan fingerprint density at radius 3 is 2.83 bits per heavy atom. The van der Waals surface area contributed by atoms with E-state index >= 15 is 0 Å². The van der Waals surface area contributed by atoms with Gasteiger partial charge in [-0.15, -0.1) is 0 Å². The SMILES string of the molecule is O=C(CC1=C(O)CCn2c1nc1ccccc12)Nc1ccncc1. The molecule has 1 aromatic carbocycles. The van der Waals surface area contributed by atoms with Gasteiger partial charge in [-0.25, -0.2) is 4.98 Å². The predicted octanol–water partition coefficient (Wildman–Crippen LogP) is 3.13. The minimum absolute atomic E-state index is 0.0808. The van der Waals surface area contributed by atoms with E-state index in [0.29, 0.717) is 30.1 Å². The third-order valence-electron chi connectivity index (χ3n) is 4.15. The zero-order chi connectivity index (χ0) is 16.5. The van der Waals surface area contributed by atoms with Crippen molar-refractivity contribution in [1.29, 1.82) is 0 Å². The number of aliphatic hydroxyl groups is 1. The van der Waals surface area contributed by atoms with Gasteiger partial charge in [0.2, 0.25) is 5.91 Å². The van der Waals surface area contributed by atoms with Crippen molar-refractivity contribution in [2.75, 3.05) is 5.32 Å². The molecule has 0 spiro atoms. The van der Waals surface area contributed by atoms with Gasteiger partial charge >= 0.3 is 0 Å². The molecule has 0 saturated heterocycles. The van der Waals surface area contributed by atoms with E-state index in [1.165, 1.54) is 0 Å². The highest BCUT2D eigenvalue weighted by atomic mass is 16.3. The summed E-state index contributed by atoms with van der Waals surface area (Å²) >= 11 is 0. The summed E-state index contributed by atoms with van der Waals surface area (Å²) in [7, 11) is 0. The van der Waals surface area contributed by atoms with E-state index in [1.807, 2.05) is 24.3 Å². The fraction of sp³-hybridized carbons (Fsp3) is 0.167. The molecular weight excluding hydrogens is 304 g/mol. The van der Waals surface area contributed by atoms with Crippen LogP contribution in [0.5, 0.6) is 0 Å². The molecule has 24 heavy (non-hydrogen) atoms. The number of benzene rings is 1. The summed E-state index contributed by atoms with van der Waals surface area (Å²) in [6, 6.07) is 11.3. The maximum atomic E-state index is 12.3. The van der Waals surface area contributed by atoms with Crippen LogP contribution in [-0.2, 0) is 11.3 Å². The molecule has 0 saturated carbocycles. The van der Waals surface area contributed by atoms with Crippen molar-refractivity contribution in [3.05, 3.63) is 60.4 Å². The van der Waals surface area contributed by atoms with Crippen LogP contribution in [-0.4, -0.2) is 25.5 Å². The van der Waals surface area contributed by atoms with E-state index in [9.17, 15) is 9.90 Å². The van der Waals surface area contributed by atoms with Crippen molar-refractivity contribution >= 4 is 28.2 Å². The smallest absolute Gasteiger partial charge is 0.229 e. The van der Waals surface area contributed by atoms with Gasteiger partial charge in [-0.05, 0) is 24.3 Å². The number of fused-ring (bicyclic) bond motifs is 3.